The minimum Gasteiger partial charge on any atom is -0.486 e. The van der Waals surface area contributed by atoms with Gasteiger partial charge in [0.2, 0.25) is 5.91 Å². The molecule has 4 aromatic rings. The Morgan fingerprint density at radius 1 is 1.03 bits per heavy atom. The number of benzene rings is 3. The smallest absolute Gasteiger partial charge is 0.292 e. The molecule has 0 fully saturated rings. The highest BCUT2D eigenvalue weighted by molar-refractivity contribution is 7.99. The standard InChI is InChI=1S/C23H18ClN5O4S/c24-16-10-12-18(13-11-16)33-14-21-26-27-23(28(21)17-6-2-1-3-7-17)34-15-22(30)25-19-8-4-5-9-20(19)29(31)32/h1-13H,14-15H2,(H,25,30). The van der Waals surface area contributed by atoms with Crippen LogP contribution < -0.4 is 10.1 Å². The molecule has 0 aliphatic heterocycles. The van der Waals surface area contributed by atoms with Gasteiger partial charge in [0.15, 0.2) is 11.0 Å². The molecule has 0 aliphatic carbocycles. The maximum absolute atomic E-state index is 12.5. The maximum atomic E-state index is 12.5. The number of nitro benzene ring substituents is 1. The van der Waals surface area contributed by atoms with E-state index in [1.165, 1.54) is 12.1 Å². The quantitative estimate of drug-likeness (QED) is 0.194. The molecule has 1 N–H and O–H groups in total. The summed E-state index contributed by atoms with van der Waals surface area (Å²) in [6, 6.07) is 22.4. The van der Waals surface area contributed by atoms with E-state index in [1.807, 2.05) is 30.3 Å². The number of halogens is 1. The molecule has 9 nitrogen and oxygen atoms in total. The summed E-state index contributed by atoms with van der Waals surface area (Å²) in [4.78, 5) is 23.1. The van der Waals surface area contributed by atoms with Crippen molar-refractivity contribution < 1.29 is 14.5 Å². The van der Waals surface area contributed by atoms with Crippen molar-refractivity contribution in [2.45, 2.75) is 11.8 Å². The minimum atomic E-state index is -0.540. The second kappa shape index (κ2) is 10.8. The lowest BCUT2D eigenvalue weighted by Crippen LogP contribution is -2.15. The Labute approximate surface area is 203 Å². The fourth-order valence-electron chi connectivity index (χ4n) is 3.06. The summed E-state index contributed by atoms with van der Waals surface area (Å²) in [6.07, 6.45) is 0. The summed E-state index contributed by atoms with van der Waals surface area (Å²) in [7, 11) is 0. The van der Waals surface area contributed by atoms with Gasteiger partial charge in [0.1, 0.15) is 18.0 Å². The van der Waals surface area contributed by atoms with Crippen molar-refractivity contribution in [3.05, 3.63) is 99.8 Å². The number of nitrogens with one attached hydrogen (secondary N) is 1. The molecule has 0 atom stereocenters. The normalized spacial score (nSPS) is 10.6. The molecule has 1 aromatic heterocycles. The first-order chi connectivity index (χ1) is 16.5. The Morgan fingerprint density at radius 3 is 2.47 bits per heavy atom. The number of hydrogen-bond acceptors (Lipinski definition) is 7. The van der Waals surface area contributed by atoms with Crippen LogP contribution in [0.2, 0.25) is 5.02 Å². The highest BCUT2D eigenvalue weighted by atomic mass is 35.5. The molecule has 172 valence electrons. The van der Waals surface area contributed by atoms with Gasteiger partial charge in [-0.05, 0) is 42.5 Å². The van der Waals surface area contributed by atoms with Gasteiger partial charge in [0, 0.05) is 16.8 Å². The Balaban J connectivity index is 1.49. The number of carbonyl (C=O) groups is 1. The summed E-state index contributed by atoms with van der Waals surface area (Å²) < 4.78 is 7.63. The van der Waals surface area contributed by atoms with Crippen molar-refractivity contribution in [3.8, 4) is 11.4 Å². The molecule has 0 unspecified atom stereocenters. The predicted octanol–water partition coefficient (Wildman–Crippen LogP) is 5.14. The third-order valence-electron chi connectivity index (χ3n) is 4.60. The van der Waals surface area contributed by atoms with Crippen LogP contribution in [-0.2, 0) is 11.4 Å². The summed E-state index contributed by atoms with van der Waals surface area (Å²) in [5.41, 5.74) is 0.776. The van der Waals surface area contributed by atoms with Gasteiger partial charge in [-0.25, -0.2) is 0 Å². The van der Waals surface area contributed by atoms with Gasteiger partial charge in [-0.2, -0.15) is 0 Å². The van der Waals surface area contributed by atoms with Crippen LogP contribution in [0, 0.1) is 10.1 Å². The SMILES string of the molecule is O=C(CSc1nnc(COc2ccc(Cl)cc2)n1-c1ccccc1)Nc1ccccc1[N+](=O)[O-]. The summed E-state index contributed by atoms with van der Waals surface area (Å²) in [5, 5.41) is 23.3. The summed E-state index contributed by atoms with van der Waals surface area (Å²) >= 11 is 7.08. The summed E-state index contributed by atoms with van der Waals surface area (Å²) in [6.45, 7) is 0.145. The van der Waals surface area contributed by atoms with E-state index in [4.69, 9.17) is 16.3 Å². The number of anilines is 1. The van der Waals surface area contributed by atoms with E-state index in [2.05, 4.69) is 15.5 Å². The van der Waals surface area contributed by atoms with Gasteiger partial charge >= 0.3 is 0 Å². The first kappa shape index (κ1) is 23.3. The maximum Gasteiger partial charge on any atom is 0.292 e. The van der Waals surface area contributed by atoms with Gasteiger partial charge in [0.05, 0.1) is 10.7 Å². The molecule has 0 saturated heterocycles. The molecule has 0 radical (unpaired) electrons. The number of ether oxygens (including phenoxy) is 1. The van der Waals surface area contributed by atoms with Crippen LogP contribution in [0.15, 0.2) is 84.0 Å². The number of rotatable bonds is 9. The van der Waals surface area contributed by atoms with E-state index in [0.717, 1.165) is 17.4 Å². The van der Waals surface area contributed by atoms with E-state index in [9.17, 15) is 14.9 Å². The predicted molar refractivity (Wildman–Crippen MR) is 130 cm³/mol. The van der Waals surface area contributed by atoms with E-state index < -0.39 is 10.8 Å². The number of nitro groups is 1. The number of thioether (sulfide) groups is 1. The fraction of sp³-hybridized carbons (Fsp3) is 0.0870. The highest BCUT2D eigenvalue weighted by Crippen LogP contribution is 2.26. The monoisotopic (exact) mass is 495 g/mol. The summed E-state index contributed by atoms with van der Waals surface area (Å²) in [5.74, 6) is 0.753. The number of aromatic nitrogens is 3. The molecule has 0 bridgehead atoms. The zero-order chi connectivity index (χ0) is 23.9. The van der Waals surface area contributed by atoms with Crippen LogP contribution >= 0.6 is 23.4 Å². The molecule has 1 amide bonds. The lowest BCUT2D eigenvalue weighted by Gasteiger charge is -2.11. The first-order valence-electron chi connectivity index (χ1n) is 10.1. The second-order valence-electron chi connectivity index (χ2n) is 6.92. The molecule has 0 aliphatic rings. The van der Waals surface area contributed by atoms with Crippen LogP contribution in [0.5, 0.6) is 5.75 Å². The van der Waals surface area contributed by atoms with Gasteiger partial charge in [0.25, 0.3) is 5.69 Å². The molecule has 34 heavy (non-hydrogen) atoms. The van der Waals surface area contributed by atoms with Gasteiger partial charge < -0.3 is 10.1 Å². The molecule has 1 heterocycles. The van der Waals surface area contributed by atoms with Crippen molar-refractivity contribution >= 4 is 40.6 Å². The lowest BCUT2D eigenvalue weighted by atomic mass is 10.2. The number of amides is 1. The Kier molecular flexibility index (Phi) is 7.41. The van der Waals surface area contributed by atoms with Gasteiger partial charge in [-0.3, -0.25) is 19.5 Å². The van der Waals surface area contributed by atoms with Crippen molar-refractivity contribution in [3.63, 3.8) is 0 Å². The van der Waals surface area contributed by atoms with Crippen molar-refractivity contribution in [1.29, 1.82) is 0 Å². The van der Waals surface area contributed by atoms with Crippen molar-refractivity contribution in [2.24, 2.45) is 0 Å². The molecular formula is C23H18ClN5O4S. The second-order valence-corrected chi connectivity index (χ2v) is 8.30. The van der Waals surface area contributed by atoms with Gasteiger partial charge in [-0.1, -0.05) is 53.7 Å². The first-order valence-corrected chi connectivity index (χ1v) is 11.4. The van der Waals surface area contributed by atoms with Gasteiger partial charge in [-0.15, -0.1) is 10.2 Å². The average molecular weight is 496 g/mol. The largest absolute Gasteiger partial charge is 0.486 e. The van der Waals surface area contributed by atoms with Crippen LogP contribution in [0.3, 0.4) is 0 Å². The number of hydrogen-bond donors (Lipinski definition) is 1. The van der Waals surface area contributed by atoms with Crippen molar-refractivity contribution in [2.75, 3.05) is 11.1 Å². The highest BCUT2D eigenvalue weighted by Gasteiger charge is 2.18. The molecule has 4 rings (SSSR count). The third-order valence-corrected chi connectivity index (χ3v) is 5.78. The Hall–Kier alpha value is -3.89. The van der Waals surface area contributed by atoms with Crippen LogP contribution in [-0.4, -0.2) is 31.3 Å². The zero-order valence-corrected chi connectivity index (χ0v) is 19.2. The van der Waals surface area contributed by atoms with E-state index in [-0.39, 0.29) is 23.7 Å². The van der Waals surface area contributed by atoms with Crippen LogP contribution in [0.25, 0.3) is 5.69 Å². The van der Waals surface area contributed by atoms with E-state index in [0.29, 0.717) is 21.8 Å². The molecule has 11 heteroatoms. The zero-order valence-electron chi connectivity index (χ0n) is 17.6. The lowest BCUT2D eigenvalue weighted by molar-refractivity contribution is -0.383. The topological polar surface area (TPSA) is 112 Å². The minimum absolute atomic E-state index is 0.0188. The number of para-hydroxylation sites is 3. The van der Waals surface area contributed by atoms with Crippen LogP contribution in [0.1, 0.15) is 5.82 Å². The van der Waals surface area contributed by atoms with E-state index in [1.54, 1.807) is 41.0 Å². The van der Waals surface area contributed by atoms with E-state index >= 15 is 0 Å². The molecule has 3 aromatic carbocycles. The van der Waals surface area contributed by atoms with Crippen LogP contribution in [0.4, 0.5) is 11.4 Å². The number of nitrogens with zero attached hydrogens (tertiary/aromatic N) is 4. The fourth-order valence-corrected chi connectivity index (χ4v) is 3.95. The Morgan fingerprint density at radius 2 is 1.74 bits per heavy atom. The molecule has 0 spiro atoms. The average Bonchev–Trinajstić information content (AvgIpc) is 3.26. The number of carbonyl (C=O) groups excluding carboxylic acids is 1. The molecule has 0 saturated carbocycles. The third kappa shape index (κ3) is 5.72. The Bertz CT molecular complexity index is 1300. The molecular weight excluding hydrogens is 478 g/mol. The van der Waals surface area contributed by atoms with Crippen molar-refractivity contribution in [1.82, 2.24) is 14.8 Å².